The normalized spacial score (nSPS) is 19.2. The van der Waals surface area contributed by atoms with Crippen molar-refractivity contribution in [3.05, 3.63) is 29.0 Å². The molecule has 1 fully saturated rings. The van der Waals surface area contributed by atoms with Gasteiger partial charge in [0, 0.05) is 17.8 Å². The molecule has 0 saturated carbocycles. The Morgan fingerprint density at radius 2 is 2.37 bits per heavy atom. The summed E-state index contributed by atoms with van der Waals surface area (Å²) < 4.78 is 5.22. The standard InChI is InChI=1S/C12H13ClN2O4/c13-8-1-2-14-10(5-8)12(18)15-3-4-19-7-9(15)6-11(16)17/h1-2,5,9H,3-4,6-7H2,(H,16,17). The number of ether oxygens (including phenoxy) is 1. The zero-order valence-corrected chi connectivity index (χ0v) is 10.8. The highest BCUT2D eigenvalue weighted by atomic mass is 35.5. The lowest BCUT2D eigenvalue weighted by atomic mass is 10.1. The van der Waals surface area contributed by atoms with Crippen molar-refractivity contribution in [1.82, 2.24) is 9.88 Å². The Morgan fingerprint density at radius 3 is 3.05 bits per heavy atom. The van der Waals surface area contributed by atoms with Gasteiger partial charge in [-0.1, -0.05) is 11.6 Å². The largest absolute Gasteiger partial charge is 0.481 e. The minimum Gasteiger partial charge on any atom is -0.481 e. The average Bonchev–Trinajstić information content (AvgIpc) is 2.38. The molecule has 1 aliphatic heterocycles. The smallest absolute Gasteiger partial charge is 0.305 e. The van der Waals surface area contributed by atoms with Crippen molar-refractivity contribution in [1.29, 1.82) is 0 Å². The topological polar surface area (TPSA) is 79.7 Å². The Bertz CT molecular complexity index is 494. The van der Waals surface area contributed by atoms with Crippen LogP contribution >= 0.6 is 11.6 Å². The SMILES string of the molecule is O=C(O)CC1COCCN1C(=O)c1cc(Cl)ccn1. The van der Waals surface area contributed by atoms with Crippen LogP contribution in [0.5, 0.6) is 0 Å². The molecule has 1 unspecified atom stereocenters. The van der Waals surface area contributed by atoms with Crippen LogP contribution in [0.2, 0.25) is 5.02 Å². The van der Waals surface area contributed by atoms with Gasteiger partial charge in [0.05, 0.1) is 25.7 Å². The molecule has 1 aliphatic rings. The van der Waals surface area contributed by atoms with E-state index < -0.39 is 12.0 Å². The van der Waals surface area contributed by atoms with Crippen LogP contribution in [0.1, 0.15) is 16.9 Å². The zero-order valence-electron chi connectivity index (χ0n) is 10.1. The molecule has 1 saturated heterocycles. The molecule has 102 valence electrons. The van der Waals surface area contributed by atoms with Gasteiger partial charge in [-0.3, -0.25) is 14.6 Å². The van der Waals surface area contributed by atoms with Crippen LogP contribution in [0.25, 0.3) is 0 Å². The number of carboxylic acid groups (broad SMARTS) is 1. The van der Waals surface area contributed by atoms with E-state index in [0.717, 1.165) is 0 Å². The Hall–Kier alpha value is -1.66. The van der Waals surface area contributed by atoms with Gasteiger partial charge in [-0.2, -0.15) is 0 Å². The predicted octanol–water partition coefficient (Wildman–Crippen LogP) is 1.05. The molecule has 1 amide bonds. The molecule has 6 nitrogen and oxygen atoms in total. The fraction of sp³-hybridized carbons (Fsp3) is 0.417. The van der Waals surface area contributed by atoms with Crippen LogP contribution in [0.15, 0.2) is 18.3 Å². The van der Waals surface area contributed by atoms with Crippen molar-refractivity contribution in [3.8, 4) is 0 Å². The van der Waals surface area contributed by atoms with Crippen LogP contribution < -0.4 is 0 Å². The molecular weight excluding hydrogens is 272 g/mol. The number of aliphatic carboxylic acids is 1. The van der Waals surface area contributed by atoms with Gasteiger partial charge in [0.15, 0.2) is 0 Å². The number of carboxylic acids is 1. The minimum atomic E-state index is -0.965. The molecule has 1 atom stereocenters. The Labute approximate surface area is 114 Å². The molecule has 1 aromatic rings. The highest BCUT2D eigenvalue weighted by Crippen LogP contribution is 2.16. The summed E-state index contributed by atoms with van der Waals surface area (Å²) in [5, 5.41) is 9.27. The number of rotatable bonds is 3. The maximum atomic E-state index is 12.3. The van der Waals surface area contributed by atoms with Gasteiger partial charge < -0.3 is 14.7 Å². The van der Waals surface area contributed by atoms with Crippen LogP contribution in [-0.4, -0.2) is 52.7 Å². The lowest BCUT2D eigenvalue weighted by Crippen LogP contribution is -2.49. The van der Waals surface area contributed by atoms with Crippen molar-refractivity contribution in [2.24, 2.45) is 0 Å². The van der Waals surface area contributed by atoms with Gasteiger partial charge in [-0.25, -0.2) is 0 Å². The molecule has 0 bridgehead atoms. The third-order valence-corrected chi connectivity index (χ3v) is 3.07. The van der Waals surface area contributed by atoms with Crippen molar-refractivity contribution in [2.75, 3.05) is 19.8 Å². The lowest BCUT2D eigenvalue weighted by molar-refractivity contribution is -0.139. The summed E-state index contributed by atoms with van der Waals surface area (Å²) in [7, 11) is 0. The van der Waals surface area contributed by atoms with Gasteiger partial charge in [0.1, 0.15) is 5.69 Å². The number of nitrogens with zero attached hydrogens (tertiary/aromatic N) is 2. The van der Waals surface area contributed by atoms with E-state index in [1.807, 2.05) is 0 Å². The number of morpholine rings is 1. The summed E-state index contributed by atoms with van der Waals surface area (Å²) in [6, 6.07) is 2.57. The van der Waals surface area contributed by atoms with Crippen molar-refractivity contribution in [2.45, 2.75) is 12.5 Å². The summed E-state index contributed by atoms with van der Waals surface area (Å²) in [6.45, 7) is 0.964. The molecule has 2 heterocycles. The molecule has 0 radical (unpaired) electrons. The molecule has 0 aromatic carbocycles. The monoisotopic (exact) mass is 284 g/mol. The molecule has 2 rings (SSSR count). The highest BCUT2D eigenvalue weighted by Gasteiger charge is 2.30. The maximum Gasteiger partial charge on any atom is 0.305 e. The fourth-order valence-corrected chi connectivity index (χ4v) is 2.12. The fourth-order valence-electron chi connectivity index (χ4n) is 1.96. The first-order chi connectivity index (χ1) is 9.08. The van der Waals surface area contributed by atoms with E-state index in [2.05, 4.69) is 4.98 Å². The first-order valence-electron chi connectivity index (χ1n) is 5.80. The van der Waals surface area contributed by atoms with E-state index in [-0.39, 0.29) is 24.6 Å². The van der Waals surface area contributed by atoms with Crippen molar-refractivity contribution >= 4 is 23.5 Å². The Balaban J connectivity index is 2.17. The van der Waals surface area contributed by atoms with Gasteiger partial charge >= 0.3 is 5.97 Å². The third kappa shape index (κ3) is 3.42. The summed E-state index contributed by atoms with van der Waals surface area (Å²) in [5.74, 6) is -1.29. The van der Waals surface area contributed by atoms with Crippen molar-refractivity contribution < 1.29 is 19.4 Å². The number of hydrogen-bond acceptors (Lipinski definition) is 4. The number of pyridine rings is 1. The van der Waals surface area contributed by atoms with Crippen molar-refractivity contribution in [3.63, 3.8) is 0 Å². The summed E-state index contributed by atoms with van der Waals surface area (Å²) >= 11 is 5.82. The number of carbonyl (C=O) groups excluding carboxylic acids is 1. The average molecular weight is 285 g/mol. The Kier molecular flexibility index (Phi) is 4.34. The second-order valence-electron chi connectivity index (χ2n) is 4.18. The Morgan fingerprint density at radius 1 is 1.58 bits per heavy atom. The number of halogens is 1. The first-order valence-corrected chi connectivity index (χ1v) is 6.18. The summed E-state index contributed by atoms with van der Waals surface area (Å²) in [4.78, 5) is 28.5. The number of hydrogen-bond donors (Lipinski definition) is 1. The predicted molar refractivity (Wildman–Crippen MR) is 67.1 cm³/mol. The van der Waals surface area contributed by atoms with E-state index in [9.17, 15) is 9.59 Å². The van der Waals surface area contributed by atoms with E-state index >= 15 is 0 Å². The third-order valence-electron chi connectivity index (χ3n) is 2.84. The van der Waals surface area contributed by atoms with E-state index in [1.54, 1.807) is 6.07 Å². The number of carbonyl (C=O) groups is 2. The quantitative estimate of drug-likeness (QED) is 0.897. The van der Waals surface area contributed by atoms with Gasteiger partial charge in [-0.05, 0) is 12.1 Å². The second kappa shape index (κ2) is 5.99. The molecule has 7 heteroatoms. The minimum absolute atomic E-state index is 0.147. The van der Waals surface area contributed by atoms with Gasteiger partial charge in [0.25, 0.3) is 5.91 Å². The molecule has 1 aromatic heterocycles. The van der Waals surface area contributed by atoms with Crippen LogP contribution in [0, 0.1) is 0 Å². The summed E-state index contributed by atoms with van der Waals surface area (Å²) in [6.07, 6.45) is 1.30. The molecule has 0 aliphatic carbocycles. The van der Waals surface area contributed by atoms with E-state index in [1.165, 1.54) is 17.2 Å². The lowest BCUT2D eigenvalue weighted by Gasteiger charge is -2.34. The van der Waals surface area contributed by atoms with Crippen LogP contribution in [0.4, 0.5) is 0 Å². The maximum absolute atomic E-state index is 12.3. The molecular formula is C12H13ClN2O4. The van der Waals surface area contributed by atoms with Gasteiger partial charge in [-0.15, -0.1) is 0 Å². The zero-order chi connectivity index (χ0) is 13.8. The van der Waals surface area contributed by atoms with Gasteiger partial charge in [0.2, 0.25) is 0 Å². The van der Waals surface area contributed by atoms with E-state index in [0.29, 0.717) is 18.2 Å². The van der Waals surface area contributed by atoms with E-state index in [4.69, 9.17) is 21.4 Å². The first kappa shape index (κ1) is 13.8. The van der Waals surface area contributed by atoms with Crippen LogP contribution in [0.3, 0.4) is 0 Å². The molecule has 0 spiro atoms. The molecule has 1 N–H and O–H groups in total. The number of aromatic nitrogens is 1. The molecule has 19 heavy (non-hydrogen) atoms. The highest BCUT2D eigenvalue weighted by molar-refractivity contribution is 6.30. The number of amides is 1. The van der Waals surface area contributed by atoms with Crippen LogP contribution in [-0.2, 0) is 9.53 Å². The summed E-state index contributed by atoms with van der Waals surface area (Å²) in [5.41, 5.74) is 0.213. The second-order valence-corrected chi connectivity index (χ2v) is 4.62.